The topological polar surface area (TPSA) is 54.9 Å². The Labute approximate surface area is 184 Å². The molecule has 0 saturated heterocycles. The molecule has 0 unspecified atom stereocenters. The number of pyridine rings is 2. The third-order valence-corrected chi connectivity index (χ3v) is 5.36. The highest BCUT2D eigenvalue weighted by Crippen LogP contribution is 2.29. The number of aromatic nitrogens is 2. The summed E-state index contributed by atoms with van der Waals surface area (Å²) in [4.78, 5) is 23.0. The van der Waals surface area contributed by atoms with Crippen LogP contribution in [0.3, 0.4) is 0 Å². The molecule has 146 valence electrons. The van der Waals surface area contributed by atoms with Gasteiger partial charge in [0.25, 0.3) is 5.91 Å². The number of thioether (sulfide) groups is 1. The normalized spacial score (nSPS) is 10.4. The van der Waals surface area contributed by atoms with Crippen molar-refractivity contribution < 1.29 is 4.79 Å². The van der Waals surface area contributed by atoms with Crippen molar-refractivity contribution >= 4 is 58.3 Å². The molecule has 2 aromatic carbocycles. The van der Waals surface area contributed by atoms with E-state index in [4.69, 9.17) is 11.6 Å². The lowest BCUT2D eigenvalue weighted by Crippen LogP contribution is -2.13. The fourth-order valence-corrected chi connectivity index (χ4v) is 3.71. The van der Waals surface area contributed by atoms with Gasteiger partial charge in [-0.3, -0.25) is 9.78 Å². The van der Waals surface area contributed by atoms with Crippen LogP contribution in [-0.2, 0) is 0 Å². The quantitative estimate of drug-likeness (QED) is 0.375. The van der Waals surface area contributed by atoms with Gasteiger partial charge in [0.15, 0.2) is 0 Å². The molecule has 2 aromatic heterocycles. The molecule has 0 spiro atoms. The number of halogens is 2. The largest absolute Gasteiger partial charge is 0.321 e. The minimum Gasteiger partial charge on any atom is -0.321 e. The number of nitrogens with one attached hydrogen (secondary N) is 1. The zero-order valence-electron chi connectivity index (χ0n) is 15.4. The van der Waals surface area contributed by atoms with Crippen molar-refractivity contribution in [1.82, 2.24) is 9.97 Å². The molecule has 0 atom stereocenters. The zero-order valence-corrected chi connectivity index (χ0v) is 17.8. The van der Waals surface area contributed by atoms with E-state index < -0.39 is 0 Å². The Morgan fingerprint density at radius 2 is 1.90 bits per heavy atom. The van der Waals surface area contributed by atoms with Crippen LogP contribution in [0.25, 0.3) is 22.2 Å². The van der Waals surface area contributed by atoms with Crippen molar-refractivity contribution in [2.45, 2.75) is 4.90 Å². The summed E-state index contributed by atoms with van der Waals surface area (Å²) in [7, 11) is 0. The van der Waals surface area contributed by atoms with E-state index in [1.807, 2.05) is 48.7 Å². The number of para-hydroxylation sites is 1. The molecule has 4 aromatic rings. The van der Waals surface area contributed by atoms with Crippen molar-refractivity contribution in [3.8, 4) is 11.3 Å². The third kappa shape index (κ3) is 4.53. The molecule has 0 bridgehead atoms. The second kappa shape index (κ2) is 9.27. The molecule has 0 aliphatic rings. The van der Waals surface area contributed by atoms with E-state index in [-0.39, 0.29) is 18.3 Å². The number of carbonyl (C=O) groups excluding carboxylic acids is 1. The van der Waals surface area contributed by atoms with Crippen molar-refractivity contribution in [2.75, 3.05) is 11.6 Å². The Bertz CT molecular complexity index is 1170. The summed E-state index contributed by atoms with van der Waals surface area (Å²) >= 11 is 7.77. The SMILES string of the molecule is CSc1ccccc1NC(=O)c1cc(-c2cccnc2)nc2ccc(Cl)cc12.Cl. The van der Waals surface area contributed by atoms with E-state index >= 15 is 0 Å². The number of amides is 1. The van der Waals surface area contributed by atoms with Gasteiger partial charge in [-0.1, -0.05) is 23.7 Å². The number of nitrogens with zero attached hydrogens (tertiary/aromatic N) is 2. The van der Waals surface area contributed by atoms with Gasteiger partial charge in [0, 0.05) is 33.3 Å². The fourth-order valence-electron chi connectivity index (χ4n) is 2.99. The van der Waals surface area contributed by atoms with Crippen LogP contribution in [0.4, 0.5) is 5.69 Å². The van der Waals surface area contributed by atoms with Gasteiger partial charge >= 0.3 is 0 Å². The van der Waals surface area contributed by atoms with Gasteiger partial charge in [-0.15, -0.1) is 24.2 Å². The molecule has 4 rings (SSSR count). The zero-order chi connectivity index (χ0) is 19.5. The number of benzene rings is 2. The summed E-state index contributed by atoms with van der Waals surface area (Å²) in [5.41, 5.74) is 3.52. The summed E-state index contributed by atoms with van der Waals surface area (Å²) in [5.74, 6) is -0.207. The maximum absolute atomic E-state index is 13.2. The van der Waals surface area contributed by atoms with Gasteiger partial charge in [0.2, 0.25) is 0 Å². The smallest absolute Gasteiger partial charge is 0.256 e. The van der Waals surface area contributed by atoms with Crippen LogP contribution < -0.4 is 5.32 Å². The van der Waals surface area contributed by atoms with E-state index in [2.05, 4.69) is 15.3 Å². The molecule has 29 heavy (non-hydrogen) atoms. The third-order valence-electron chi connectivity index (χ3n) is 4.33. The molecule has 1 N–H and O–H groups in total. The first-order valence-corrected chi connectivity index (χ1v) is 10.2. The van der Waals surface area contributed by atoms with Gasteiger partial charge in [-0.05, 0) is 54.8 Å². The molecule has 0 aliphatic carbocycles. The molecule has 7 heteroatoms. The predicted octanol–water partition coefficient (Wildman–Crippen LogP) is 6.35. The van der Waals surface area contributed by atoms with Crippen molar-refractivity contribution in [3.63, 3.8) is 0 Å². The van der Waals surface area contributed by atoms with Gasteiger partial charge in [0.1, 0.15) is 0 Å². The molecule has 0 saturated carbocycles. The second-order valence-electron chi connectivity index (χ2n) is 6.11. The van der Waals surface area contributed by atoms with Crippen molar-refractivity contribution in [2.24, 2.45) is 0 Å². The van der Waals surface area contributed by atoms with Gasteiger partial charge in [0.05, 0.1) is 22.5 Å². The van der Waals surface area contributed by atoms with Crippen LogP contribution in [0.1, 0.15) is 10.4 Å². The average molecular weight is 442 g/mol. The number of hydrogen-bond acceptors (Lipinski definition) is 4. The second-order valence-corrected chi connectivity index (χ2v) is 7.40. The van der Waals surface area contributed by atoms with Crippen molar-refractivity contribution in [3.05, 3.63) is 83.6 Å². The number of rotatable bonds is 4. The highest BCUT2D eigenvalue weighted by atomic mass is 35.5. The Kier molecular flexibility index (Phi) is 6.75. The summed E-state index contributed by atoms with van der Waals surface area (Å²) in [6.07, 6.45) is 5.42. The van der Waals surface area contributed by atoms with Gasteiger partial charge < -0.3 is 5.32 Å². The van der Waals surface area contributed by atoms with Crippen LogP contribution in [0.2, 0.25) is 5.02 Å². The van der Waals surface area contributed by atoms with E-state index in [1.165, 1.54) is 0 Å². The Balaban J connectivity index is 0.00000240. The molecular weight excluding hydrogens is 425 g/mol. The standard InChI is InChI=1S/C22H16ClN3OS.ClH/c1-28-21-7-3-2-6-19(21)26-22(27)17-12-20(14-5-4-10-24-13-14)25-18-9-8-15(23)11-16(17)18;/h2-13H,1H3,(H,26,27);1H. The molecule has 0 fully saturated rings. The van der Waals surface area contributed by atoms with E-state index in [1.54, 1.807) is 42.4 Å². The molecule has 0 aliphatic heterocycles. The van der Waals surface area contributed by atoms with Crippen LogP contribution in [0, 0.1) is 0 Å². The number of fused-ring (bicyclic) bond motifs is 1. The first-order valence-electron chi connectivity index (χ1n) is 8.61. The van der Waals surface area contributed by atoms with Crippen molar-refractivity contribution in [1.29, 1.82) is 0 Å². The highest BCUT2D eigenvalue weighted by molar-refractivity contribution is 7.98. The average Bonchev–Trinajstić information content (AvgIpc) is 2.74. The minimum absolute atomic E-state index is 0. The van der Waals surface area contributed by atoms with Crippen LogP contribution >= 0.6 is 35.8 Å². The summed E-state index contributed by atoms with van der Waals surface area (Å²) in [5, 5.41) is 4.29. The molecule has 1 amide bonds. The maximum Gasteiger partial charge on any atom is 0.256 e. The number of hydrogen-bond donors (Lipinski definition) is 1. The number of carbonyl (C=O) groups is 1. The van der Waals surface area contributed by atoms with Gasteiger partial charge in [-0.25, -0.2) is 4.98 Å². The van der Waals surface area contributed by atoms with E-state index in [0.717, 1.165) is 16.1 Å². The molecule has 2 heterocycles. The summed E-state index contributed by atoms with van der Waals surface area (Å²) in [6.45, 7) is 0. The van der Waals surface area contributed by atoms with E-state index in [9.17, 15) is 4.79 Å². The lowest BCUT2D eigenvalue weighted by molar-refractivity contribution is 0.102. The van der Waals surface area contributed by atoms with Crippen LogP contribution in [0.5, 0.6) is 0 Å². The maximum atomic E-state index is 13.2. The van der Waals surface area contributed by atoms with Gasteiger partial charge in [-0.2, -0.15) is 0 Å². The summed E-state index contributed by atoms with van der Waals surface area (Å²) in [6, 6.07) is 18.6. The first-order chi connectivity index (χ1) is 13.7. The summed E-state index contributed by atoms with van der Waals surface area (Å²) < 4.78 is 0. The van der Waals surface area contributed by atoms with Crippen LogP contribution in [-0.4, -0.2) is 22.1 Å². The lowest BCUT2D eigenvalue weighted by atomic mass is 10.0. The lowest BCUT2D eigenvalue weighted by Gasteiger charge is -2.12. The van der Waals surface area contributed by atoms with E-state index in [0.29, 0.717) is 27.2 Å². The fraction of sp³-hybridized carbons (Fsp3) is 0.0455. The van der Waals surface area contributed by atoms with Crippen LogP contribution in [0.15, 0.2) is 78.0 Å². The molecule has 4 nitrogen and oxygen atoms in total. The minimum atomic E-state index is -0.207. The number of anilines is 1. The Morgan fingerprint density at radius 1 is 1.07 bits per heavy atom. The monoisotopic (exact) mass is 441 g/mol. The Morgan fingerprint density at radius 3 is 2.66 bits per heavy atom. The highest BCUT2D eigenvalue weighted by Gasteiger charge is 2.16. The Hall–Kier alpha value is -2.60. The molecular formula is C22H17Cl2N3OS. The first kappa shape index (κ1) is 21.1. The predicted molar refractivity (Wildman–Crippen MR) is 123 cm³/mol. The molecule has 0 radical (unpaired) electrons.